The molecule has 0 unspecified atom stereocenters. The molecule has 118 valence electrons. The molecule has 0 radical (unpaired) electrons. The van der Waals surface area contributed by atoms with Gasteiger partial charge in [-0.05, 0) is 24.6 Å². The van der Waals surface area contributed by atoms with Gasteiger partial charge in [-0.25, -0.2) is 4.79 Å². The maximum absolute atomic E-state index is 12.0. The number of nitrogens with zero attached hydrogens (tertiary/aromatic N) is 1. The number of aliphatic hydroxyl groups excluding tert-OH is 1. The first kappa shape index (κ1) is 17.3. The highest BCUT2D eigenvalue weighted by Crippen LogP contribution is 2.24. The summed E-state index contributed by atoms with van der Waals surface area (Å²) < 4.78 is 5.15. The first-order valence-corrected chi connectivity index (χ1v) is 7.22. The summed E-state index contributed by atoms with van der Waals surface area (Å²) in [5.41, 5.74) is 0.953. The molecule has 0 atom stereocenters. The number of benzene rings is 1. The first-order valence-electron chi connectivity index (χ1n) is 7.22. The summed E-state index contributed by atoms with van der Waals surface area (Å²) in [5.74, 6) is 0.818. The van der Waals surface area contributed by atoms with Crippen LogP contribution in [0.4, 0.5) is 4.79 Å². The van der Waals surface area contributed by atoms with Gasteiger partial charge in [0.2, 0.25) is 0 Å². The van der Waals surface area contributed by atoms with Gasteiger partial charge < -0.3 is 20.1 Å². The van der Waals surface area contributed by atoms with Gasteiger partial charge in [-0.1, -0.05) is 26.0 Å². The number of nitrogens with one attached hydrogen (secondary N) is 1. The topological polar surface area (TPSA) is 61.8 Å². The Morgan fingerprint density at radius 1 is 1.33 bits per heavy atom. The number of amides is 2. The molecular weight excluding hydrogens is 268 g/mol. The number of urea groups is 1. The fourth-order valence-electron chi connectivity index (χ4n) is 2.08. The number of rotatable bonds is 7. The third-order valence-corrected chi connectivity index (χ3v) is 3.59. The van der Waals surface area contributed by atoms with E-state index in [0.717, 1.165) is 11.3 Å². The largest absolute Gasteiger partial charge is 0.497 e. The Morgan fingerprint density at radius 3 is 2.43 bits per heavy atom. The Labute approximate surface area is 126 Å². The predicted octanol–water partition coefficient (Wildman–Crippen LogP) is 2.00. The molecule has 0 spiro atoms. The molecule has 5 nitrogen and oxygen atoms in total. The van der Waals surface area contributed by atoms with Crippen LogP contribution in [0.25, 0.3) is 0 Å². The van der Waals surface area contributed by atoms with Crippen molar-refractivity contribution < 1.29 is 14.6 Å². The summed E-state index contributed by atoms with van der Waals surface area (Å²) >= 11 is 0. The highest BCUT2D eigenvalue weighted by molar-refractivity contribution is 5.74. The number of aliphatic hydroxyl groups is 1. The zero-order valence-corrected chi connectivity index (χ0v) is 13.3. The number of carbonyl (C=O) groups excluding carboxylic acids is 1. The maximum atomic E-state index is 12.0. The monoisotopic (exact) mass is 294 g/mol. The maximum Gasteiger partial charge on any atom is 0.317 e. The van der Waals surface area contributed by atoms with Crippen molar-refractivity contribution >= 4 is 6.03 Å². The minimum atomic E-state index is -0.180. The minimum Gasteiger partial charge on any atom is -0.497 e. The summed E-state index contributed by atoms with van der Waals surface area (Å²) in [6.07, 6.45) is 0. The lowest BCUT2D eigenvalue weighted by atomic mass is 9.84. The standard InChI is InChI=1S/C16H26N2O3/c1-5-18(10-11-19)15(20)17-12-16(2,3)13-6-8-14(21-4)9-7-13/h6-9,19H,5,10-12H2,1-4H3,(H,17,20). The van der Waals surface area contributed by atoms with E-state index in [1.54, 1.807) is 12.0 Å². The minimum absolute atomic E-state index is 0.0247. The Kier molecular flexibility index (Phi) is 6.49. The van der Waals surface area contributed by atoms with E-state index >= 15 is 0 Å². The van der Waals surface area contributed by atoms with Crippen molar-refractivity contribution in [2.24, 2.45) is 0 Å². The van der Waals surface area contributed by atoms with E-state index in [1.165, 1.54) is 0 Å². The Morgan fingerprint density at radius 2 is 1.95 bits per heavy atom. The van der Waals surface area contributed by atoms with Crippen LogP contribution < -0.4 is 10.1 Å². The quantitative estimate of drug-likeness (QED) is 0.808. The van der Waals surface area contributed by atoms with E-state index in [2.05, 4.69) is 19.2 Å². The summed E-state index contributed by atoms with van der Waals surface area (Å²) in [7, 11) is 1.64. The van der Waals surface area contributed by atoms with E-state index in [1.807, 2.05) is 31.2 Å². The van der Waals surface area contributed by atoms with Crippen molar-refractivity contribution in [3.8, 4) is 5.75 Å². The van der Waals surface area contributed by atoms with Crippen molar-refractivity contribution in [3.63, 3.8) is 0 Å². The van der Waals surface area contributed by atoms with Gasteiger partial charge >= 0.3 is 6.03 Å². The first-order chi connectivity index (χ1) is 9.94. The van der Waals surface area contributed by atoms with Crippen LogP contribution in [0.5, 0.6) is 5.75 Å². The summed E-state index contributed by atoms with van der Waals surface area (Å²) in [4.78, 5) is 13.6. The van der Waals surface area contributed by atoms with Crippen molar-refractivity contribution in [2.75, 3.05) is 33.4 Å². The second-order valence-corrected chi connectivity index (χ2v) is 5.57. The average Bonchev–Trinajstić information content (AvgIpc) is 2.50. The zero-order valence-electron chi connectivity index (χ0n) is 13.3. The lowest BCUT2D eigenvalue weighted by Crippen LogP contribution is -2.45. The fraction of sp³-hybridized carbons (Fsp3) is 0.562. The lowest BCUT2D eigenvalue weighted by molar-refractivity contribution is 0.178. The van der Waals surface area contributed by atoms with Crippen molar-refractivity contribution in [1.29, 1.82) is 0 Å². The van der Waals surface area contributed by atoms with Gasteiger partial charge in [0.05, 0.1) is 13.7 Å². The van der Waals surface area contributed by atoms with Crippen LogP contribution in [-0.2, 0) is 5.41 Å². The number of likely N-dealkylation sites (N-methyl/N-ethyl adjacent to an activating group) is 1. The molecule has 0 bridgehead atoms. The molecule has 0 heterocycles. The molecule has 0 saturated carbocycles. The van der Waals surface area contributed by atoms with E-state index in [0.29, 0.717) is 19.6 Å². The predicted molar refractivity (Wildman–Crippen MR) is 83.8 cm³/mol. The van der Waals surface area contributed by atoms with E-state index < -0.39 is 0 Å². The molecule has 0 saturated heterocycles. The van der Waals surface area contributed by atoms with Gasteiger partial charge in [0, 0.05) is 25.0 Å². The van der Waals surface area contributed by atoms with Crippen LogP contribution in [0.1, 0.15) is 26.3 Å². The normalized spacial score (nSPS) is 11.1. The van der Waals surface area contributed by atoms with Crippen molar-refractivity contribution in [2.45, 2.75) is 26.2 Å². The van der Waals surface area contributed by atoms with E-state index in [4.69, 9.17) is 9.84 Å². The number of ether oxygens (including phenoxy) is 1. The molecule has 5 heteroatoms. The third-order valence-electron chi connectivity index (χ3n) is 3.59. The van der Waals surface area contributed by atoms with Crippen molar-refractivity contribution in [1.82, 2.24) is 10.2 Å². The van der Waals surface area contributed by atoms with Crippen LogP contribution in [0.2, 0.25) is 0 Å². The van der Waals surface area contributed by atoms with Gasteiger partial charge in [-0.15, -0.1) is 0 Å². The molecule has 2 N–H and O–H groups in total. The molecule has 1 rings (SSSR count). The second-order valence-electron chi connectivity index (χ2n) is 5.57. The highest BCUT2D eigenvalue weighted by Gasteiger charge is 2.22. The van der Waals surface area contributed by atoms with Crippen LogP contribution in [0, 0.1) is 0 Å². The Bertz CT molecular complexity index is 443. The van der Waals surface area contributed by atoms with Gasteiger partial charge in [0.15, 0.2) is 0 Å². The molecule has 0 aromatic heterocycles. The molecule has 1 aromatic rings. The van der Waals surface area contributed by atoms with E-state index in [-0.39, 0.29) is 18.1 Å². The van der Waals surface area contributed by atoms with Crippen LogP contribution in [0.3, 0.4) is 0 Å². The molecule has 1 aromatic carbocycles. The lowest BCUT2D eigenvalue weighted by Gasteiger charge is -2.28. The second kappa shape index (κ2) is 7.88. The third kappa shape index (κ3) is 4.93. The van der Waals surface area contributed by atoms with Gasteiger partial charge in [-0.3, -0.25) is 0 Å². The molecule has 2 amide bonds. The molecule has 0 aliphatic heterocycles. The van der Waals surface area contributed by atoms with Crippen molar-refractivity contribution in [3.05, 3.63) is 29.8 Å². The smallest absolute Gasteiger partial charge is 0.317 e. The molecule has 0 aliphatic carbocycles. The SMILES string of the molecule is CCN(CCO)C(=O)NCC(C)(C)c1ccc(OC)cc1. The average molecular weight is 294 g/mol. The summed E-state index contributed by atoms with van der Waals surface area (Å²) in [6, 6.07) is 7.71. The summed E-state index contributed by atoms with van der Waals surface area (Å²) in [5, 5.41) is 11.9. The number of hydrogen-bond donors (Lipinski definition) is 2. The Balaban J connectivity index is 2.64. The Hall–Kier alpha value is -1.75. The molecule has 0 fully saturated rings. The zero-order chi connectivity index (χ0) is 15.9. The molecule has 0 aliphatic rings. The number of carbonyl (C=O) groups is 1. The molecular formula is C16H26N2O3. The van der Waals surface area contributed by atoms with Gasteiger partial charge in [0.25, 0.3) is 0 Å². The number of hydrogen-bond acceptors (Lipinski definition) is 3. The van der Waals surface area contributed by atoms with Gasteiger partial charge in [-0.2, -0.15) is 0 Å². The summed E-state index contributed by atoms with van der Waals surface area (Å²) in [6.45, 7) is 7.49. The van der Waals surface area contributed by atoms with E-state index in [9.17, 15) is 4.79 Å². The fourth-order valence-corrected chi connectivity index (χ4v) is 2.08. The van der Waals surface area contributed by atoms with Gasteiger partial charge in [0.1, 0.15) is 5.75 Å². The van der Waals surface area contributed by atoms with Crippen LogP contribution >= 0.6 is 0 Å². The number of methoxy groups -OCH3 is 1. The highest BCUT2D eigenvalue weighted by atomic mass is 16.5. The van der Waals surface area contributed by atoms with Crippen LogP contribution in [0.15, 0.2) is 24.3 Å². The molecule has 21 heavy (non-hydrogen) atoms. The van der Waals surface area contributed by atoms with Crippen LogP contribution in [-0.4, -0.2) is 49.4 Å².